The fraction of sp³-hybridized carbons (Fsp3) is 0.333. The van der Waals surface area contributed by atoms with E-state index in [1.807, 2.05) is 6.92 Å². The van der Waals surface area contributed by atoms with E-state index in [1.165, 1.54) is 6.20 Å². The summed E-state index contributed by atoms with van der Waals surface area (Å²) in [6.07, 6.45) is 6.56. The zero-order valence-corrected chi connectivity index (χ0v) is 10.5. The van der Waals surface area contributed by atoms with Gasteiger partial charge in [0, 0.05) is 31.7 Å². The Kier molecular flexibility index (Phi) is 2.66. The number of carbonyl (C=O) groups excluding carboxylic acids is 1. The fourth-order valence-corrected chi connectivity index (χ4v) is 2.17. The minimum Gasteiger partial charge on any atom is -0.366 e. The van der Waals surface area contributed by atoms with Crippen LogP contribution in [0.5, 0.6) is 0 Å². The molecule has 7 nitrogen and oxygen atoms in total. The summed E-state index contributed by atoms with van der Waals surface area (Å²) in [6, 6.07) is 0.245. The first-order chi connectivity index (χ1) is 9.15. The molecule has 3 heterocycles. The number of carbonyl (C=O) groups is 1. The first kappa shape index (κ1) is 11.6. The largest absolute Gasteiger partial charge is 0.366 e. The molecule has 0 aliphatic carbocycles. The van der Waals surface area contributed by atoms with Gasteiger partial charge in [-0.25, -0.2) is 4.98 Å². The maximum Gasteiger partial charge on any atom is 0.251 e. The fourth-order valence-electron chi connectivity index (χ4n) is 2.17. The molecule has 7 heteroatoms. The molecule has 0 saturated carbocycles. The highest BCUT2D eigenvalue weighted by molar-refractivity contribution is 5.92. The Morgan fingerprint density at radius 3 is 2.74 bits per heavy atom. The summed E-state index contributed by atoms with van der Waals surface area (Å²) >= 11 is 0. The molecule has 1 aliphatic rings. The van der Waals surface area contributed by atoms with Gasteiger partial charge in [-0.1, -0.05) is 0 Å². The Hall–Kier alpha value is -2.44. The molecule has 0 spiro atoms. The van der Waals surface area contributed by atoms with Crippen molar-refractivity contribution < 1.29 is 4.79 Å². The van der Waals surface area contributed by atoms with E-state index in [4.69, 9.17) is 5.73 Å². The van der Waals surface area contributed by atoms with E-state index >= 15 is 0 Å². The standard InChI is InChI=1S/C12H14N6O/c1-8-12(15-3-2-14-8)17-6-10(7-17)18-5-9(4-16-18)11(13)19/h2-5,10H,6-7H2,1H3,(H2,13,19). The third-order valence-electron chi connectivity index (χ3n) is 3.28. The Morgan fingerprint density at radius 1 is 1.37 bits per heavy atom. The van der Waals surface area contributed by atoms with E-state index in [1.54, 1.807) is 23.3 Å². The normalized spacial score (nSPS) is 15.3. The van der Waals surface area contributed by atoms with Crippen LogP contribution in [0.25, 0.3) is 0 Å². The van der Waals surface area contributed by atoms with Gasteiger partial charge in [0.15, 0.2) is 0 Å². The average Bonchev–Trinajstić information content (AvgIpc) is 2.79. The van der Waals surface area contributed by atoms with Crippen molar-refractivity contribution in [2.75, 3.05) is 18.0 Å². The monoisotopic (exact) mass is 258 g/mol. The predicted octanol–water partition coefficient (Wildman–Crippen LogP) is 0.142. The summed E-state index contributed by atoms with van der Waals surface area (Å²) < 4.78 is 1.78. The van der Waals surface area contributed by atoms with Gasteiger partial charge in [-0.3, -0.25) is 14.5 Å². The van der Waals surface area contributed by atoms with Gasteiger partial charge in [-0.05, 0) is 6.92 Å². The van der Waals surface area contributed by atoms with Crippen molar-refractivity contribution in [3.05, 3.63) is 36.0 Å². The minimum atomic E-state index is -0.452. The SMILES string of the molecule is Cc1nccnc1N1CC(n2cc(C(N)=O)cn2)C1. The van der Waals surface area contributed by atoms with Crippen molar-refractivity contribution in [1.82, 2.24) is 19.7 Å². The molecule has 1 saturated heterocycles. The first-order valence-electron chi connectivity index (χ1n) is 6.01. The van der Waals surface area contributed by atoms with Crippen molar-refractivity contribution in [2.24, 2.45) is 5.73 Å². The molecule has 2 aromatic heterocycles. The van der Waals surface area contributed by atoms with Crippen LogP contribution < -0.4 is 10.6 Å². The number of primary amides is 1. The van der Waals surface area contributed by atoms with Crippen LogP contribution >= 0.6 is 0 Å². The Labute approximate surface area is 110 Å². The van der Waals surface area contributed by atoms with Crippen LogP contribution in [0.4, 0.5) is 5.82 Å². The molecule has 1 aliphatic heterocycles. The maximum atomic E-state index is 11.0. The van der Waals surface area contributed by atoms with Crippen molar-refractivity contribution in [1.29, 1.82) is 0 Å². The molecule has 19 heavy (non-hydrogen) atoms. The Balaban J connectivity index is 1.69. The number of nitrogens with two attached hydrogens (primary N) is 1. The van der Waals surface area contributed by atoms with Crippen LogP contribution in [0.3, 0.4) is 0 Å². The molecule has 1 amide bonds. The minimum absolute atomic E-state index is 0.245. The van der Waals surface area contributed by atoms with Crippen LogP contribution in [0.1, 0.15) is 22.1 Å². The predicted molar refractivity (Wildman–Crippen MR) is 68.8 cm³/mol. The molecule has 0 aromatic carbocycles. The van der Waals surface area contributed by atoms with E-state index in [9.17, 15) is 4.79 Å². The van der Waals surface area contributed by atoms with Gasteiger partial charge in [0.2, 0.25) is 0 Å². The van der Waals surface area contributed by atoms with Crippen LogP contribution in [0.15, 0.2) is 24.8 Å². The molecule has 2 aromatic rings. The molecule has 1 fully saturated rings. The lowest BCUT2D eigenvalue weighted by Crippen LogP contribution is -2.48. The summed E-state index contributed by atoms with van der Waals surface area (Å²) in [5.41, 5.74) is 6.56. The molecule has 98 valence electrons. The second kappa shape index (κ2) is 4.34. The number of aromatic nitrogens is 4. The molecule has 3 rings (SSSR count). The van der Waals surface area contributed by atoms with Crippen molar-refractivity contribution in [3.63, 3.8) is 0 Å². The van der Waals surface area contributed by atoms with Crippen LogP contribution in [0.2, 0.25) is 0 Å². The zero-order chi connectivity index (χ0) is 13.4. The number of rotatable bonds is 3. The maximum absolute atomic E-state index is 11.0. The van der Waals surface area contributed by atoms with Gasteiger partial charge in [-0.15, -0.1) is 0 Å². The molecule has 2 N–H and O–H groups in total. The third-order valence-corrected chi connectivity index (χ3v) is 3.28. The van der Waals surface area contributed by atoms with Gasteiger partial charge < -0.3 is 10.6 Å². The molecule has 0 unspecified atom stereocenters. The number of aryl methyl sites for hydroxylation is 1. The number of nitrogens with zero attached hydrogens (tertiary/aromatic N) is 5. The summed E-state index contributed by atoms with van der Waals surface area (Å²) in [6.45, 7) is 3.55. The summed E-state index contributed by atoms with van der Waals surface area (Å²) in [4.78, 5) is 21.7. The number of hydrogen-bond donors (Lipinski definition) is 1. The van der Waals surface area contributed by atoms with E-state index in [0.29, 0.717) is 5.56 Å². The van der Waals surface area contributed by atoms with Gasteiger partial charge in [0.1, 0.15) is 5.82 Å². The second-order valence-corrected chi connectivity index (χ2v) is 4.60. The Morgan fingerprint density at radius 2 is 2.11 bits per heavy atom. The molecule has 0 atom stereocenters. The smallest absolute Gasteiger partial charge is 0.251 e. The highest BCUT2D eigenvalue weighted by Crippen LogP contribution is 2.27. The third kappa shape index (κ3) is 2.03. The molecule has 0 bridgehead atoms. The van der Waals surface area contributed by atoms with E-state index < -0.39 is 5.91 Å². The summed E-state index contributed by atoms with van der Waals surface area (Å²) in [5.74, 6) is 0.452. The zero-order valence-electron chi connectivity index (χ0n) is 10.5. The lowest BCUT2D eigenvalue weighted by Gasteiger charge is -2.40. The Bertz CT molecular complexity index is 616. The summed E-state index contributed by atoms with van der Waals surface area (Å²) in [5, 5.41) is 4.16. The van der Waals surface area contributed by atoms with Gasteiger partial charge in [0.05, 0.1) is 23.5 Å². The topological polar surface area (TPSA) is 89.9 Å². The van der Waals surface area contributed by atoms with E-state index in [0.717, 1.165) is 24.6 Å². The van der Waals surface area contributed by atoms with Gasteiger partial charge in [0.25, 0.3) is 5.91 Å². The average molecular weight is 258 g/mol. The van der Waals surface area contributed by atoms with Crippen molar-refractivity contribution in [2.45, 2.75) is 13.0 Å². The molecular weight excluding hydrogens is 244 g/mol. The lowest BCUT2D eigenvalue weighted by molar-refractivity contribution is 0.1000. The second-order valence-electron chi connectivity index (χ2n) is 4.60. The number of anilines is 1. The quantitative estimate of drug-likeness (QED) is 0.845. The highest BCUT2D eigenvalue weighted by Gasteiger charge is 2.31. The van der Waals surface area contributed by atoms with Gasteiger partial charge >= 0.3 is 0 Å². The van der Waals surface area contributed by atoms with E-state index in [-0.39, 0.29) is 6.04 Å². The molecule has 0 radical (unpaired) electrons. The summed E-state index contributed by atoms with van der Waals surface area (Å²) in [7, 11) is 0. The number of hydrogen-bond acceptors (Lipinski definition) is 5. The van der Waals surface area contributed by atoms with Crippen LogP contribution in [-0.4, -0.2) is 38.7 Å². The van der Waals surface area contributed by atoms with Crippen molar-refractivity contribution in [3.8, 4) is 0 Å². The number of amides is 1. The first-order valence-corrected chi connectivity index (χ1v) is 6.01. The lowest BCUT2D eigenvalue weighted by atomic mass is 10.1. The van der Waals surface area contributed by atoms with Crippen LogP contribution in [-0.2, 0) is 0 Å². The highest BCUT2D eigenvalue weighted by atomic mass is 16.1. The van der Waals surface area contributed by atoms with Crippen molar-refractivity contribution >= 4 is 11.7 Å². The van der Waals surface area contributed by atoms with E-state index in [2.05, 4.69) is 20.0 Å². The van der Waals surface area contributed by atoms with Gasteiger partial charge in [-0.2, -0.15) is 5.10 Å². The van der Waals surface area contributed by atoms with Crippen LogP contribution in [0, 0.1) is 6.92 Å². The molecular formula is C12H14N6O.